The second kappa shape index (κ2) is 4.83. The van der Waals surface area contributed by atoms with Crippen LogP contribution in [0.15, 0.2) is 23.2 Å². The molecule has 2 aliphatic heterocycles. The molecule has 100 valence electrons. The smallest absolute Gasteiger partial charge is 0.244 e. The molecule has 1 saturated heterocycles. The van der Waals surface area contributed by atoms with Gasteiger partial charge in [-0.3, -0.25) is 0 Å². The van der Waals surface area contributed by atoms with E-state index in [1.165, 1.54) is 0 Å². The molecule has 0 radical (unpaired) electrons. The Balaban J connectivity index is 0.00000120. The highest BCUT2D eigenvalue weighted by molar-refractivity contribution is 7.89. The zero-order valence-corrected chi connectivity index (χ0v) is 9.98. The van der Waals surface area contributed by atoms with Crippen molar-refractivity contribution in [2.45, 2.75) is 18.4 Å². The van der Waals surface area contributed by atoms with Crippen LogP contribution in [0.25, 0.3) is 0 Å². The SMILES string of the molecule is C.O=S1(=O)NCC2COCCN2c2ncccc21. The van der Waals surface area contributed by atoms with Gasteiger partial charge < -0.3 is 9.64 Å². The third kappa shape index (κ3) is 2.09. The molecule has 1 aromatic rings. The molecule has 18 heavy (non-hydrogen) atoms. The summed E-state index contributed by atoms with van der Waals surface area (Å²) in [4.78, 5) is 6.47. The Morgan fingerprint density at radius 3 is 3.17 bits per heavy atom. The van der Waals surface area contributed by atoms with Crippen molar-refractivity contribution in [1.29, 1.82) is 0 Å². The fourth-order valence-electron chi connectivity index (χ4n) is 2.19. The van der Waals surface area contributed by atoms with Crippen molar-refractivity contribution in [2.75, 3.05) is 31.2 Å². The minimum Gasteiger partial charge on any atom is -0.377 e. The zero-order valence-electron chi connectivity index (χ0n) is 9.17. The van der Waals surface area contributed by atoms with Gasteiger partial charge in [-0.1, -0.05) is 7.43 Å². The fraction of sp³-hybridized carbons (Fsp3) is 0.545. The highest BCUT2D eigenvalue weighted by Gasteiger charge is 2.33. The van der Waals surface area contributed by atoms with E-state index in [0.29, 0.717) is 32.1 Å². The molecule has 0 amide bonds. The van der Waals surface area contributed by atoms with Crippen molar-refractivity contribution in [3.05, 3.63) is 18.3 Å². The molecule has 2 aliphatic rings. The van der Waals surface area contributed by atoms with Crippen LogP contribution in [0.3, 0.4) is 0 Å². The average molecular weight is 271 g/mol. The van der Waals surface area contributed by atoms with Crippen LogP contribution in [0.4, 0.5) is 5.82 Å². The summed E-state index contributed by atoms with van der Waals surface area (Å²) in [6.07, 6.45) is 1.62. The summed E-state index contributed by atoms with van der Waals surface area (Å²) < 4.78 is 32.0. The van der Waals surface area contributed by atoms with Crippen molar-refractivity contribution >= 4 is 15.8 Å². The van der Waals surface area contributed by atoms with Crippen LogP contribution < -0.4 is 9.62 Å². The largest absolute Gasteiger partial charge is 0.377 e. The Kier molecular flexibility index (Phi) is 3.56. The number of fused-ring (bicyclic) bond motifs is 3. The van der Waals surface area contributed by atoms with Gasteiger partial charge >= 0.3 is 0 Å². The molecule has 6 nitrogen and oxygen atoms in total. The van der Waals surface area contributed by atoms with Crippen LogP contribution in [0.5, 0.6) is 0 Å². The first-order valence-corrected chi connectivity index (χ1v) is 6.96. The summed E-state index contributed by atoms with van der Waals surface area (Å²) in [5, 5.41) is 0. The lowest BCUT2D eigenvalue weighted by atomic mass is 10.2. The number of aromatic nitrogens is 1. The maximum absolute atomic E-state index is 12.0. The van der Waals surface area contributed by atoms with Gasteiger partial charge in [-0.25, -0.2) is 18.1 Å². The molecule has 0 aromatic carbocycles. The lowest BCUT2D eigenvalue weighted by Gasteiger charge is -2.34. The number of nitrogens with one attached hydrogen (secondary N) is 1. The van der Waals surface area contributed by atoms with Crippen LogP contribution in [0.2, 0.25) is 0 Å². The summed E-state index contributed by atoms with van der Waals surface area (Å²) in [6, 6.07) is 3.25. The van der Waals surface area contributed by atoms with Gasteiger partial charge in [-0.2, -0.15) is 0 Å². The standard InChI is InChI=1S/C10H13N3O3S.CH4/c14-17(15)9-2-1-3-11-10(9)13-4-5-16-7-8(13)6-12-17;/h1-3,8,12H,4-7H2;1H4. The predicted molar refractivity (Wildman–Crippen MR) is 68.1 cm³/mol. The maximum atomic E-state index is 12.0. The van der Waals surface area contributed by atoms with E-state index in [0.717, 1.165) is 0 Å². The minimum absolute atomic E-state index is 0. The fourth-order valence-corrected chi connectivity index (χ4v) is 3.43. The van der Waals surface area contributed by atoms with E-state index in [9.17, 15) is 8.42 Å². The van der Waals surface area contributed by atoms with E-state index < -0.39 is 10.0 Å². The minimum atomic E-state index is -3.45. The van der Waals surface area contributed by atoms with Crippen molar-refractivity contribution < 1.29 is 13.2 Å². The number of pyridine rings is 1. The topological polar surface area (TPSA) is 71.5 Å². The van der Waals surface area contributed by atoms with Crippen molar-refractivity contribution in [3.63, 3.8) is 0 Å². The molecule has 0 spiro atoms. The molecule has 3 heterocycles. The van der Waals surface area contributed by atoms with E-state index in [4.69, 9.17) is 4.74 Å². The predicted octanol–water partition coefficient (Wildman–Crippen LogP) is 0.215. The summed E-state index contributed by atoms with van der Waals surface area (Å²) in [6.45, 7) is 2.16. The number of hydrogen-bond donors (Lipinski definition) is 1. The Morgan fingerprint density at radius 2 is 2.33 bits per heavy atom. The third-order valence-corrected chi connectivity index (χ3v) is 4.49. The average Bonchev–Trinajstić information content (AvgIpc) is 2.47. The first-order valence-electron chi connectivity index (χ1n) is 5.47. The lowest BCUT2D eigenvalue weighted by molar-refractivity contribution is 0.0950. The van der Waals surface area contributed by atoms with Crippen LogP contribution in [-0.2, 0) is 14.8 Å². The molecule has 1 N–H and O–H groups in total. The number of anilines is 1. The van der Waals surface area contributed by atoms with Crippen LogP contribution >= 0.6 is 0 Å². The number of ether oxygens (including phenoxy) is 1. The number of hydrogen-bond acceptors (Lipinski definition) is 5. The molecule has 1 aromatic heterocycles. The zero-order chi connectivity index (χ0) is 11.9. The van der Waals surface area contributed by atoms with E-state index in [2.05, 4.69) is 9.71 Å². The molecule has 7 heteroatoms. The van der Waals surface area contributed by atoms with Crippen molar-refractivity contribution in [2.24, 2.45) is 0 Å². The molecule has 0 aliphatic carbocycles. The monoisotopic (exact) mass is 271 g/mol. The van der Waals surface area contributed by atoms with Gasteiger partial charge in [0.05, 0.1) is 19.3 Å². The summed E-state index contributed by atoms with van der Waals surface area (Å²) in [5.41, 5.74) is 0. The van der Waals surface area contributed by atoms with Gasteiger partial charge in [0.1, 0.15) is 10.7 Å². The molecule has 1 atom stereocenters. The Labute approximate surface area is 107 Å². The quantitative estimate of drug-likeness (QED) is 0.730. The molecule has 0 bridgehead atoms. The Bertz CT molecular complexity index is 532. The third-order valence-electron chi connectivity index (χ3n) is 3.05. The summed E-state index contributed by atoms with van der Waals surface area (Å²) in [5.74, 6) is 0.533. The first kappa shape index (κ1) is 13.3. The molecule has 1 fully saturated rings. The molecule has 1 unspecified atom stereocenters. The first-order chi connectivity index (χ1) is 8.18. The van der Waals surface area contributed by atoms with Gasteiger partial charge in [0.2, 0.25) is 10.0 Å². The second-order valence-corrected chi connectivity index (χ2v) is 5.83. The normalized spacial score (nSPS) is 25.3. The Morgan fingerprint density at radius 1 is 1.50 bits per heavy atom. The van der Waals surface area contributed by atoms with Gasteiger partial charge in [0.25, 0.3) is 0 Å². The number of morpholine rings is 1. The maximum Gasteiger partial charge on any atom is 0.244 e. The van der Waals surface area contributed by atoms with Gasteiger partial charge in [-0.05, 0) is 12.1 Å². The highest BCUT2D eigenvalue weighted by atomic mass is 32.2. The molecule has 3 rings (SSSR count). The summed E-state index contributed by atoms with van der Waals surface area (Å²) in [7, 11) is -3.45. The van der Waals surface area contributed by atoms with E-state index in [-0.39, 0.29) is 18.4 Å². The van der Waals surface area contributed by atoms with E-state index in [1.807, 2.05) is 4.90 Å². The van der Waals surface area contributed by atoms with Crippen LogP contribution in [-0.4, -0.2) is 45.7 Å². The van der Waals surface area contributed by atoms with Crippen LogP contribution in [0.1, 0.15) is 7.43 Å². The number of sulfonamides is 1. The van der Waals surface area contributed by atoms with Gasteiger partial charge in [-0.15, -0.1) is 0 Å². The summed E-state index contributed by atoms with van der Waals surface area (Å²) >= 11 is 0. The number of rotatable bonds is 0. The number of nitrogens with zero attached hydrogens (tertiary/aromatic N) is 2. The van der Waals surface area contributed by atoms with Crippen molar-refractivity contribution in [1.82, 2.24) is 9.71 Å². The van der Waals surface area contributed by atoms with E-state index >= 15 is 0 Å². The van der Waals surface area contributed by atoms with Crippen molar-refractivity contribution in [3.8, 4) is 0 Å². The molecule has 0 saturated carbocycles. The second-order valence-electron chi connectivity index (χ2n) is 4.10. The van der Waals surface area contributed by atoms with Gasteiger partial charge in [0.15, 0.2) is 0 Å². The van der Waals surface area contributed by atoms with Crippen LogP contribution in [0, 0.1) is 0 Å². The Hall–Kier alpha value is -1.18. The highest BCUT2D eigenvalue weighted by Crippen LogP contribution is 2.27. The van der Waals surface area contributed by atoms with Gasteiger partial charge in [0, 0.05) is 19.3 Å². The van der Waals surface area contributed by atoms with E-state index in [1.54, 1.807) is 18.3 Å². The molecular weight excluding hydrogens is 254 g/mol. The molecular formula is C11H17N3O3S. The lowest BCUT2D eigenvalue weighted by Crippen LogP contribution is -2.49.